The molecular formula is C69H46N2. The second kappa shape index (κ2) is 16.5. The summed E-state index contributed by atoms with van der Waals surface area (Å²) in [7, 11) is 0. The van der Waals surface area contributed by atoms with E-state index in [1.807, 2.05) is 0 Å². The summed E-state index contributed by atoms with van der Waals surface area (Å²) in [5.41, 5.74) is 21.1. The van der Waals surface area contributed by atoms with Crippen molar-refractivity contribution in [3.8, 4) is 44.5 Å². The molecule has 0 aromatic heterocycles. The van der Waals surface area contributed by atoms with E-state index in [-0.39, 0.29) is 0 Å². The number of rotatable bonds is 8. The van der Waals surface area contributed by atoms with Crippen LogP contribution in [0.1, 0.15) is 22.3 Å². The molecule has 0 fully saturated rings. The van der Waals surface area contributed by atoms with Crippen molar-refractivity contribution in [2.45, 2.75) is 5.41 Å². The van der Waals surface area contributed by atoms with Crippen LogP contribution in [-0.4, -0.2) is 0 Å². The highest BCUT2D eigenvalue weighted by Crippen LogP contribution is 2.64. The third-order valence-corrected chi connectivity index (χ3v) is 15.0. The Morgan fingerprint density at radius 2 is 0.606 bits per heavy atom. The smallest absolute Gasteiger partial charge is 0.0727 e. The standard InChI is InChI=1S/C69H46N2/c1-4-18-47(19-5-1)49-32-36-53(37-33-49)70(54-38-34-50(35-39-54)48-20-6-2-7-21-48)55-40-42-61-62-43-41-56(46-67(62)69(66(61)45-55)64-30-16-14-27-59(64)60-28-15-17-31-65(60)69)71(52-23-8-3-9-24-52)68-44-51-22-10-11-25-57(51)58-26-12-13-29-63(58)68/h1-46H. The number of benzene rings is 12. The van der Waals surface area contributed by atoms with Gasteiger partial charge in [0.15, 0.2) is 0 Å². The minimum Gasteiger partial charge on any atom is -0.310 e. The first-order chi connectivity index (χ1) is 35.2. The van der Waals surface area contributed by atoms with E-state index in [2.05, 4.69) is 289 Å². The molecule has 0 unspecified atom stereocenters. The van der Waals surface area contributed by atoms with Gasteiger partial charge in [0, 0.05) is 33.8 Å². The molecule has 0 saturated carbocycles. The molecule has 12 aromatic rings. The van der Waals surface area contributed by atoms with Gasteiger partial charge < -0.3 is 9.80 Å². The van der Waals surface area contributed by atoms with Crippen molar-refractivity contribution in [1.82, 2.24) is 0 Å². The summed E-state index contributed by atoms with van der Waals surface area (Å²) < 4.78 is 0. The third kappa shape index (κ3) is 6.42. The molecule has 2 aliphatic carbocycles. The average Bonchev–Trinajstić information content (AvgIpc) is 3.91. The average molecular weight is 903 g/mol. The Kier molecular flexibility index (Phi) is 9.47. The Hall–Kier alpha value is -9.24. The fourth-order valence-corrected chi connectivity index (χ4v) is 11.9. The lowest BCUT2D eigenvalue weighted by Crippen LogP contribution is -2.26. The van der Waals surface area contributed by atoms with Gasteiger partial charge in [-0.15, -0.1) is 0 Å². The summed E-state index contributed by atoms with van der Waals surface area (Å²) in [6.07, 6.45) is 0. The van der Waals surface area contributed by atoms with Gasteiger partial charge >= 0.3 is 0 Å². The Morgan fingerprint density at radius 3 is 1.15 bits per heavy atom. The Balaban J connectivity index is 0.997. The van der Waals surface area contributed by atoms with Crippen molar-refractivity contribution in [2.24, 2.45) is 0 Å². The summed E-state index contributed by atoms with van der Waals surface area (Å²) in [6, 6.07) is 103. The Labute approximate surface area is 414 Å². The van der Waals surface area contributed by atoms with Crippen LogP contribution in [0.25, 0.3) is 66.1 Å². The van der Waals surface area contributed by atoms with E-state index in [1.54, 1.807) is 0 Å². The molecule has 1 spiro atoms. The van der Waals surface area contributed by atoms with Crippen LogP contribution in [0.4, 0.5) is 34.1 Å². The SMILES string of the molecule is c1ccc(-c2ccc(N(c3ccc(-c4ccccc4)cc3)c3ccc4c(c3)C3(c5ccccc5-c5ccccc53)c3cc(N(c5ccccc5)c5cc6ccccc6c6ccccc56)ccc3-4)cc2)cc1. The van der Waals surface area contributed by atoms with Crippen LogP contribution in [0.2, 0.25) is 0 Å². The minimum absolute atomic E-state index is 0.600. The van der Waals surface area contributed by atoms with Crippen LogP contribution in [-0.2, 0) is 5.41 Å². The van der Waals surface area contributed by atoms with E-state index in [4.69, 9.17) is 0 Å². The van der Waals surface area contributed by atoms with Crippen molar-refractivity contribution in [3.05, 3.63) is 301 Å². The molecule has 0 amide bonds. The number of fused-ring (bicyclic) bond motifs is 13. The predicted molar refractivity (Wildman–Crippen MR) is 298 cm³/mol. The molecule has 0 N–H and O–H groups in total. The van der Waals surface area contributed by atoms with Gasteiger partial charge in [-0.2, -0.15) is 0 Å². The molecule has 2 heteroatoms. The van der Waals surface area contributed by atoms with Crippen molar-refractivity contribution in [2.75, 3.05) is 9.80 Å². The zero-order valence-electron chi connectivity index (χ0n) is 39.0. The molecule has 0 saturated heterocycles. The third-order valence-electron chi connectivity index (χ3n) is 15.0. The maximum absolute atomic E-state index is 2.51. The lowest BCUT2D eigenvalue weighted by atomic mass is 9.70. The summed E-state index contributed by atoms with van der Waals surface area (Å²) in [5.74, 6) is 0. The van der Waals surface area contributed by atoms with Crippen LogP contribution in [0, 0.1) is 0 Å². The highest BCUT2D eigenvalue weighted by molar-refractivity contribution is 6.14. The molecular weight excluding hydrogens is 857 g/mol. The van der Waals surface area contributed by atoms with Gasteiger partial charge in [0.2, 0.25) is 0 Å². The largest absolute Gasteiger partial charge is 0.310 e. The van der Waals surface area contributed by atoms with Crippen molar-refractivity contribution < 1.29 is 0 Å². The highest BCUT2D eigenvalue weighted by Gasteiger charge is 2.52. The number of hydrogen-bond donors (Lipinski definition) is 0. The van der Waals surface area contributed by atoms with E-state index < -0.39 is 5.41 Å². The second-order valence-corrected chi connectivity index (χ2v) is 18.8. The Bertz CT molecular complexity index is 3840. The van der Waals surface area contributed by atoms with E-state index in [1.165, 1.54) is 88.3 Å². The first kappa shape index (κ1) is 40.8. The van der Waals surface area contributed by atoms with Crippen LogP contribution >= 0.6 is 0 Å². The highest BCUT2D eigenvalue weighted by atomic mass is 15.1. The molecule has 71 heavy (non-hydrogen) atoms. The molecule has 0 heterocycles. The normalized spacial score (nSPS) is 12.6. The number of anilines is 6. The van der Waals surface area contributed by atoms with Crippen LogP contribution in [0.3, 0.4) is 0 Å². The summed E-state index contributed by atoms with van der Waals surface area (Å²) in [5, 5.41) is 4.92. The van der Waals surface area contributed by atoms with Gasteiger partial charge in [-0.25, -0.2) is 0 Å². The number of para-hydroxylation sites is 1. The molecule has 0 bridgehead atoms. The van der Waals surface area contributed by atoms with Crippen molar-refractivity contribution >= 4 is 55.7 Å². The minimum atomic E-state index is -0.600. The Morgan fingerprint density at radius 1 is 0.225 bits per heavy atom. The summed E-state index contributed by atoms with van der Waals surface area (Å²) >= 11 is 0. The molecule has 0 atom stereocenters. The van der Waals surface area contributed by atoms with Crippen LogP contribution in [0.15, 0.2) is 279 Å². The first-order valence-electron chi connectivity index (χ1n) is 24.6. The maximum Gasteiger partial charge on any atom is 0.0727 e. The van der Waals surface area contributed by atoms with Crippen molar-refractivity contribution in [1.29, 1.82) is 0 Å². The maximum atomic E-state index is 2.51. The van der Waals surface area contributed by atoms with Gasteiger partial charge in [0.25, 0.3) is 0 Å². The van der Waals surface area contributed by atoms with Gasteiger partial charge in [-0.1, -0.05) is 212 Å². The molecule has 14 rings (SSSR count). The van der Waals surface area contributed by atoms with Gasteiger partial charge in [-0.05, 0) is 150 Å². The summed E-state index contributed by atoms with van der Waals surface area (Å²) in [4.78, 5) is 4.91. The molecule has 12 aromatic carbocycles. The molecule has 2 aliphatic rings. The van der Waals surface area contributed by atoms with E-state index in [0.717, 1.165) is 34.1 Å². The number of nitrogens with zero attached hydrogens (tertiary/aromatic N) is 2. The lowest BCUT2D eigenvalue weighted by Gasteiger charge is -2.33. The van der Waals surface area contributed by atoms with Crippen LogP contribution < -0.4 is 9.80 Å². The van der Waals surface area contributed by atoms with E-state index in [0.29, 0.717) is 0 Å². The van der Waals surface area contributed by atoms with Crippen molar-refractivity contribution in [3.63, 3.8) is 0 Å². The van der Waals surface area contributed by atoms with Gasteiger partial charge in [0.1, 0.15) is 0 Å². The summed E-state index contributed by atoms with van der Waals surface area (Å²) in [6.45, 7) is 0. The zero-order chi connectivity index (χ0) is 46.9. The number of hydrogen-bond acceptors (Lipinski definition) is 2. The molecule has 0 radical (unpaired) electrons. The quantitative estimate of drug-likeness (QED) is 0.140. The monoisotopic (exact) mass is 902 g/mol. The molecule has 332 valence electrons. The fraction of sp³-hybridized carbons (Fsp3) is 0.0145. The topological polar surface area (TPSA) is 6.48 Å². The van der Waals surface area contributed by atoms with Gasteiger partial charge in [0.05, 0.1) is 11.1 Å². The molecule has 0 aliphatic heterocycles. The van der Waals surface area contributed by atoms with Gasteiger partial charge in [-0.3, -0.25) is 0 Å². The van der Waals surface area contributed by atoms with E-state index >= 15 is 0 Å². The van der Waals surface area contributed by atoms with E-state index in [9.17, 15) is 0 Å². The zero-order valence-corrected chi connectivity index (χ0v) is 39.0. The molecule has 2 nitrogen and oxygen atoms in total. The first-order valence-corrected chi connectivity index (χ1v) is 24.6. The fourth-order valence-electron chi connectivity index (χ4n) is 11.9. The second-order valence-electron chi connectivity index (χ2n) is 18.8. The van der Waals surface area contributed by atoms with Crippen LogP contribution in [0.5, 0.6) is 0 Å². The predicted octanol–water partition coefficient (Wildman–Crippen LogP) is 18.6. The lowest BCUT2D eigenvalue weighted by molar-refractivity contribution is 0.793.